The van der Waals surface area contributed by atoms with Gasteiger partial charge in [-0.3, -0.25) is 10.2 Å². The maximum Gasteiger partial charge on any atom is 0.251 e. The lowest BCUT2D eigenvalue weighted by molar-refractivity contribution is 0.0903. The van der Waals surface area contributed by atoms with Crippen LogP contribution in [0.3, 0.4) is 0 Å². The van der Waals surface area contributed by atoms with Crippen LogP contribution >= 0.6 is 0 Å². The number of nitrogens with two attached hydrogens (primary N) is 1. The van der Waals surface area contributed by atoms with Crippen molar-refractivity contribution in [2.45, 2.75) is 18.9 Å². The number of hydrogen-bond donors (Lipinski definition) is 4. The average molecular weight is 521 g/mol. The van der Waals surface area contributed by atoms with Gasteiger partial charge in [0.25, 0.3) is 5.91 Å². The molecule has 1 amide bonds. The SMILES string of the molecule is CN(C)c1cccc(-c2ccc(C(=O)NC(Cc3ccccc3)C(CO)Cc3cccc(C(=N)N)c3)cc2)c1. The molecule has 0 heterocycles. The number of benzene rings is 4. The molecule has 0 aliphatic carbocycles. The van der Waals surface area contributed by atoms with Crippen LogP contribution in [0.4, 0.5) is 5.69 Å². The van der Waals surface area contributed by atoms with E-state index in [2.05, 4.69) is 28.4 Å². The van der Waals surface area contributed by atoms with Gasteiger partial charge < -0.3 is 21.1 Å². The minimum atomic E-state index is -0.303. The molecule has 0 aromatic heterocycles. The third-order valence-electron chi connectivity index (χ3n) is 7.00. The van der Waals surface area contributed by atoms with Crippen LogP contribution in [0.1, 0.15) is 27.0 Å². The minimum Gasteiger partial charge on any atom is -0.396 e. The standard InChI is InChI=1S/C33H36N4O2/c1-37(2)30-13-7-11-27(21-30)25-14-16-26(17-15-25)33(39)36-31(20-23-8-4-3-5-9-23)29(22-38)19-24-10-6-12-28(18-24)32(34)35/h3-18,21,29,31,38H,19-20,22H2,1-2H3,(H3,34,35)(H,36,39). The molecule has 2 atom stereocenters. The molecule has 5 N–H and O–H groups in total. The molecule has 4 rings (SSSR count). The predicted molar refractivity (Wildman–Crippen MR) is 159 cm³/mol. The van der Waals surface area contributed by atoms with Crippen molar-refractivity contribution in [1.29, 1.82) is 5.41 Å². The van der Waals surface area contributed by atoms with Crippen molar-refractivity contribution in [3.05, 3.63) is 125 Å². The van der Waals surface area contributed by atoms with Gasteiger partial charge in [0, 0.05) is 49.5 Å². The summed E-state index contributed by atoms with van der Waals surface area (Å²) in [5.41, 5.74) is 12.2. The Morgan fingerprint density at radius 1 is 0.821 bits per heavy atom. The molecule has 0 radical (unpaired) electrons. The first-order valence-corrected chi connectivity index (χ1v) is 13.1. The molecule has 0 spiro atoms. The Morgan fingerprint density at radius 3 is 2.18 bits per heavy atom. The number of carbonyl (C=O) groups is 1. The number of anilines is 1. The number of carbonyl (C=O) groups excluding carboxylic acids is 1. The van der Waals surface area contributed by atoms with E-state index < -0.39 is 0 Å². The second-order valence-electron chi connectivity index (χ2n) is 10.1. The third-order valence-corrected chi connectivity index (χ3v) is 7.00. The Kier molecular flexibility index (Phi) is 9.13. The molecule has 0 aliphatic rings. The normalized spacial score (nSPS) is 12.4. The number of rotatable bonds is 11. The Morgan fingerprint density at radius 2 is 1.51 bits per heavy atom. The summed E-state index contributed by atoms with van der Waals surface area (Å²) in [6.07, 6.45) is 1.12. The highest BCUT2D eigenvalue weighted by Crippen LogP contribution is 2.25. The van der Waals surface area contributed by atoms with Gasteiger partial charge in [-0.2, -0.15) is 0 Å². The molecular weight excluding hydrogens is 484 g/mol. The molecule has 6 nitrogen and oxygen atoms in total. The number of hydrogen-bond acceptors (Lipinski definition) is 4. The van der Waals surface area contributed by atoms with E-state index in [9.17, 15) is 9.90 Å². The van der Waals surface area contributed by atoms with Crippen molar-refractivity contribution in [3.63, 3.8) is 0 Å². The Hall–Kier alpha value is -4.42. The van der Waals surface area contributed by atoms with E-state index in [1.54, 1.807) is 6.07 Å². The summed E-state index contributed by atoms with van der Waals surface area (Å²) in [6, 6.07) is 33.0. The first kappa shape index (κ1) is 27.6. The van der Waals surface area contributed by atoms with Gasteiger partial charge in [0.2, 0.25) is 0 Å². The summed E-state index contributed by atoms with van der Waals surface area (Å²) in [4.78, 5) is 15.5. The van der Waals surface area contributed by atoms with Crippen LogP contribution in [0.5, 0.6) is 0 Å². The molecule has 4 aromatic carbocycles. The highest BCUT2D eigenvalue weighted by molar-refractivity contribution is 5.95. The van der Waals surface area contributed by atoms with E-state index in [0.29, 0.717) is 24.0 Å². The molecule has 4 aromatic rings. The summed E-state index contributed by atoms with van der Waals surface area (Å²) >= 11 is 0. The lowest BCUT2D eigenvalue weighted by atomic mass is 9.88. The Balaban J connectivity index is 1.55. The summed E-state index contributed by atoms with van der Waals surface area (Å²) in [5.74, 6) is -0.409. The summed E-state index contributed by atoms with van der Waals surface area (Å²) in [6.45, 7) is -0.0940. The number of nitrogens with zero attached hydrogens (tertiary/aromatic N) is 1. The van der Waals surface area contributed by atoms with E-state index in [-0.39, 0.29) is 30.3 Å². The van der Waals surface area contributed by atoms with Crippen molar-refractivity contribution in [3.8, 4) is 11.1 Å². The van der Waals surface area contributed by atoms with E-state index in [0.717, 1.165) is 27.9 Å². The van der Waals surface area contributed by atoms with Crippen molar-refractivity contribution in [2.24, 2.45) is 11.7 Å². The molecule has 0 saturated heterocycles. The fourth-order valence-corrected chi connectivity index (χ4v) is 4.74. The zero-order valence-corrected chi connectivity index (χ0v) is 22.5. The van der Waals surface area contributed by atoms with Crippen LogP contribution in [-0.2, 0) is 12.8 Å². The maximum absolute atomic E-state index is 13.4. The smallest absolute Gasteiger partial charge is 0.251 e. The number of aliphatic hydroxyl groups is 1. The van der Waals surface area contributed by atoms with Crippen LogP contribution in [0.25, 0.3) is 11.1 Å². The fraction of sp³-hybridized carbons (Fsp3) is 0.212. The lowest BCUT2D eigenvalue weighted by Crippen LogP contribution is -2.44. The second-order valence-corrected chi connectivity index (χ2v) is 10.1. The minimum absolute atomic E-state index is 0.00317. The van der Waals surface area contributed by atoms with E-state index in [1.165, 1.54) is 0 Å². The molecule has 0 saturated carbocycles. The zero-order valence-electron chi connectivity index (χ0n) is 22.5. The summed E-state index contributed by atoms with van der Waals surface area (Å²) in [5, 5.41) is 21.3. The summed E-state index contributed by atoms with van der Waals surface area (Å²) in [7, 11) is 4.02. The van der Waals surface area contributed by atoms with Gasteiger partial charge in [0.1, 0.15) is 5.84 Å². The predicted octanol–water partition coefficient (Wildman–Crippen LogP) is 4.90. The molecule has 6 heteroatoms. The Bertz CT molecular complexity index is 1400. The van der Waals surface area contributed by atoms with Crippen molar-refractivity contribution >= 4 is 17.4 Å². The lowest BCUT2D eigenvalue weighted by Gasteiger charge is -2.27. The number of aliphatic hydroxyl groups excluding tert-OH is 1. The number of amidine groups is 1. The number of nitrogen functional groups attached to an aromatic ring is 1. The van der Waals surface area contributed by atoms with Crippen LogP contribution < -0.4 is 16.0 Å². The van der Waals surface area contributed by atoms with Gasteiger partial charge in [-0.05, 0) is 65.4 Å². The fourth-order valence-electron chi connectivity index (χ4n) is 4.74. The number of amides is 1. The van der Waals surface area contributed by atoms with Crippen molar-refractivity contribution in [2.75, 3.05) is 25.6 Å². The van der Waals surface area contributed by atoms with Gasteiger partial charge in [-0.25, -0.2) is 0 Å². The van der Waals surface area contributed by atoms with Gasteiger partial charge >= 0.3 is 0 Å². The van der Waals surface area contributed by atoms with E-state index >= 15 is 0 Å². The van der Waals surface area contributed by atoms with E-state index in [4.69, 9.17) is 11.1 Å². The van der Waals surface area contributed by atoms with Gasteiger partial charge in [0.05, 0.1) is 0 Å². The van der Waals surface area contributed by atoms with E-state index in [1.807, 2.05) is 93.0 Å². The monoisotopic (exact) mass is 520 g/mol. The quantitative estimate of drug-likeness (QED) is 0.167. The zero-order chi connectivity index (χ0) is 27.8. The van der Waals surface area contributed by atoms with Gasteiger partial charge in [-0.15, -0.1) is 0 Å². The molecular formula is C33H36N4O2. The van der Waals surface area contributed by atoms with Crippen LogP contribution in [0, 0.1) is 11.3 Å². The molecule has 0 fully saturated rings. The van der Waals surface area contributed by atoms with Crippen LogP contribution in [-0.4, -0.2) is 43.6 Å². The maximum atomic E-state index is 13.4. The highest BCUT2D eigenvalue weighted by atomic mass is 16.3. The Labute approximate surface area is 230 Å². The largest absolute Gasteiger partial charge is 0.396 e. The topological polar surface area (TPSA) is 102 Å². The van der Waals surface area contributed by atoms with Crippen molar-refractivity contribution < 1.29 is 9.90 Å². The van der Waals surface area contributed by atoms with Crippen LogP contribution in [0.2, 0.25) is 0 Å². The molecule has 0 aliphatic heterocycles. The van der Waals surface area contributed by atoms with Gasteiger partial charge in [-0.1, -0.05) is 72.8 Å². The first-order valence-electron chi connectivity index (χ1n) is 13.1. The average Bonchev–Trinajstić information content (AvgIpc) is 2.96. The first-order chi connectivity index (χ1) is 18.8. The highest BCUT2D eigenvalue weighted by Gasteiger charge is 2.24. The van der Waals surface area contributed by atoms with Crippen molar-refractivity contribution in [1.82, 2.24) is 5.32 Å². The summed E-state index contributed by atoms with van der Waals surface area (Å²) < 4.78 is 0. The molecule has 2 unspecified atom stereocenters. The third kappa shape index (κ3) is 7.33. The van der Waals surface area contributed by atoms with Crippen LogP contribution in [0.15, 0.2) is 103 Å². The number of nitrogens with one attached hydrogen (secondary N) is 2. The molecule has 0 bridgehead atoms. The second kappa shape index (κ2) is 12.9. The van der Waals surface area contributed by atoms with Gasteiger partial charge in [0.15, 0.2) is 0 Å². The molecule has 200 valence electrons. The molecule has 39 heavy (non-hydrogen) atoms.